The van der Waals surface area contributed by atoms with Gasteiger partial charge in [0.1, 0.15) is 18.2 Å². The van der Waals surface area contributed by atoms with E-state index in [0.29, 0.717) is 36.9 Å². The molecule has 144 valence electrons. The second-order valence-corrected chi connectivity index (χ2v) is 7.86. The van der Waals surface area contributed by atoms with Gasteiger partial charge >= 0.3 is 0 Å². The Labute approximate surface area is 176 Å². The average Bonchev–Trinajstić information content (AvgIpc) is 3.06. The lowest BCUT2D eigenvalue weighted by molar-refractivity contribution is 0.0872. The Morgan fingerprint density at radius 2 is 2.03 bits per heavy atom. The largest absolute Gasteiger partial charge is 0.478 e. The minimum Gasteiger partial charge on any atom is -0.478 e. The number of allylic oxidation sites excluding steroid dienone is 1. The molecule has 0 radical (unpaired) electrons. The Balaban J connectivity index is 1.45. The zero-order valence-corrected chi connectivity index (χ0v) is 17.1. The Hall–Kier alpha value is -2.96. The fraction of sp³-hybridized carbons (Fsp3) is 0.130. The van der Waals surface area contributed by atoms with Crippen LogP contribution in [-0.4, -0.2) is 22.4 Å². The molecule has 0 aliphatic carbocycles. The summed E-state index contributed by atoms with van der Waals surface area (Å²) in [6, 6.07) is 15.3. The Morgan fingerprint density at radius 1 is 1.14 bits per heavy atom. The molecule has 5 rings (SSSR count). The molecule has 2 aliphatic rings. The first kappa shape index (κ1) is 18.1. The number of halogens is 1. The zero-order valence-electron chi connectivity index (χ0n) is 15.5. The highest BCUT2D eigenvalue weighted by atomic mass is 79.9. The van der Waals surface area contributed by atoms with Crippen molar-refractivity contribution in [2.45, 2.75) is 13.1 Å². The van der Waals surface area contributed by atoms with E-state index in [1.807, 2.05) is 48.7 Å². The number of ether oxygens (including phenoxy) is 2. The predicted molar refractivity (Wildman–Crippen MR) is 112 cm³/mol. The Bertz CT molecular complexity index is 1130. The van der Waals surface area contributed by atoms with Gasteiger partial charge in [-0.25, -0.2) is 0 Å². The van der Waals surface area contributed by atoms with Crippen molar-refractivity contribution in [1.29, 1.82) is 0 Å². The molecule has 5 nitrogen and oxygen atoms in total. The summed E-state index contributed by atoms with van der Waals surface area (Å²) in [6.07, 6.45) is 5.39. The zero-order chi connectivity index (χ0) is 19.8. The van der Waals surface area contributed by atoms with Gasteiger partial charge in [-0.3, -0.25) is 14.7 Å². The number of nitrogens with zero attached hydrogens (tertiary/aromatic N) is 2. The van der Waals surface area contributed by atoms with Crippen molar-refractivity contribution in [1.82, 2.24) is 9.88 Å². The predicted octanol–water partition coefficient (Wildman–Crippen LogP) is 4.81. The van der Waals surface area contributed by atoms with Crippen LogP contribution in [0.5, 0.6) is 11.5 Å². The van der Waals surface area contributed by atoms with E-state index in [0.717, 1.165) is 26.9 Å². The highest BCUT2D eigenvalue weighted by Gasteiger charge is 2.33. The molecular formula is C23H17BrN2O3. The molecule has 0 atom stereocenters. The highest BCUT2D eigenvalue weighted by Crippen LogP contribution is 2.42. The van der Waals surface area contributed by atoms with Gasteiger partial charge < -0.3 is 9.47 Å². The Morgan fingerprint density at radius 3 is 2.86 bits per heavy atom. The van der Waals surface area contributed by atoms with E-state index >= 15 is 0 Å². The monoisotopic (exact) mass is 448 g/mol. The van der Waals surface area contributed by atoms with Gasteiger partial charge in [-0.15, -0.1) is 0 Å². The normalized spacial score (nSPS) is 16.9. The molecule has 0 N–H and O–H groups in total. The molecule has 0 unspecified atom stereocenters. The molecule has 0 bridgehead atoms. The number of pyridine rings is 1. The number of Topliss-reactive ketones (excluding diaryl/α,β-unsaturated/α-hetero) is 1. The molecule has 0 saturated heterocycles. The summed E-state index contributed by atoms with van der Waals surface area (Å²) in [6.45, 7) is 1.84. The highest BCUT2D eigenvalue weighted by molar-refractivity contribution is 9.10. The molecule has 29 heavy (non-hydrogen) atoms. The van der Waals surface area contributed by atoms with Crippen LogP contribution in [0.15, 0.2) is 71.2 Å². The van der Waals surface area contributed by atoms with Crippen molar-refractivity contribution in [2.24, 2.45) is 0 Å². The summed E-state index contributed by atoms with van der Waals surface area (Å²) < 4.78 is 12.9. The van der Waals surface area contributed by atoms with Gasteiger partial charge in [0, 0.05) is 30.0 Å². The van der Waals surface area contributed by atoms with Crippen LogP contribution in [0.4, 0.5) is 0 Å². The number of benzene rings is 2. The van der Waals surface area contributed by atoms with Gasteiger partial charge in [0.05, 0.1) is 11.1 Å². The third-order valence-electron chi connectivity index (χ3n) is 5.00. The van der Waals surface area contributed by atoms with E-state index in [2.05, 4.69) is 25.8 Å². The Kier molecular flexibility index (Phi) is 4.66. The summed E-state index contributed by atoms with van der Waals surface area (Å²) >= 11 is 3.51. The number of aromatic nitrogens is 1. The minimum atomic E-state index is -0.108. The van der Waals surface area contributed by atoms with Crippen LogP contribution in [-0.2, 0) is 13.1 Å². The maximum Gasteiger partial charge on any atom is 0.231 e. The van der Waals surface area contributed by atoms with E-state index in [1.165, 1.54) is 0 Å². The number of carbonyl (C=O) groups is 1. The van der Waals surface area contributed by atoms with Crippen LogP contribution in [0.1, 0.15) is 27.0 Å². The van der Waals surface area contributed by atoms with Crippen LogP contribution in [0, 0.1) is 0 Å². The van der Waals surface area contributed by atoms with Crippen molar-refractivity contribution >= 4 is 27.8 Å². The summed E-state index contributed by atoms with van der Waals surface area (Å²) in [5.74, 6) is 1.58. The van der Waals surface area contributed by atoms with Gasteiger partial charge in [0.25, 0.3) is 0 Å². The molecule has 3 aromatic rings. The fourth-order valence-corrected chi connectivity index (χ4v) is 3.99. The maximum absolute atomic E-state index is 12.9. The van der Waals surface area contributed by atoms with Gasteiger partial charge in [-0.2, -0.15) is 0 Å². The first-order chi connectivity index (χ1) is 14.2. The first-order valence-corrected chi connectivity index (χ1v) is 10.1. The molecular weight excluding hydrogens is 432 g/mol. The second kappa shape index (κ2) is 7.46. The lowest BCUT2D eigenvalue weighted by atomic mass is 10.0. The second-order valence-electron chi connectivity index (χ2n) is 7.00. The molecule has 2 aliphatic heterocycles. The molecule has 0 saturated carbocycles. The van der Waals surface area contributed by atoms with Gasteiger partial charge in [-0.05, 0) is 41.5 Å². The third-order valence-corrected chi connectivity index (χ3v) is 5.73. The number of hydrogen-bond acceptors (Lipinski definition) is 5. The lowest BCUT2D eigenvalue weighted by Crippen LogP contribution is -2.31. The quantitative estimate of drug-likeness (QED) is 0.538. The van der Waals surface area contributed by atoms with Gasteiger partial charge in [-0.1, -0.05) is 40.2 Å². The van der Waals surface area contributed by atoms with Crippen molar-refractivity contribution in [2.75, 3.05) is 6.73 Å². The molecule has 1 aromatic heterocycles. The van der Waals surface area contributed by atoms with Crippen molar-refractivity contribution in [3.63, 3.8) is 0 Å². The first-order valence-electron chi connectivity index (χ1n) is 9.28. The third kappa shape index (κ3) is 3.45. The van der Waals surface area contributed by atoms with Crippen LogP contribution < -0.4 is 9.47 Å². The summed E-state index contributed by atoms with van der Waals surface area (Å²) in [7, 11) is 0. The van der Waals surface area contributed by atoms with E-state index < -0.39 is 0 Å². The lowest BCUT2D eigenvalue weighted by Gasteiger charge is -2.29. The molecule has 0 spiro atoms. The smallest absolute Gasteiger partial charge is 0.231 e. The van der Waals surface area contributed by atoms with E-state index in [4.69, 9.17) is 9.47 Å². The van der Waals surface area contributed by atoms with Crippen LogP contribution in [0.25, 0.3) is 6.08 Å². The number of ketones is 1. The van der Waals surface area contributed by atoms with Crippen LogP contribution in [0.2, 0.25) is 0 Å². The number of fused-ring (bicyclic) bond motifs is 3. The van der Waals surface area contributed by atoms with Gasteiger partial charge in [0.15, 0.2) is 5.76 Å². The van der Waals surface area contributed by atoms with Gasteiger partial charge in [0.2, 0.25) is 5.78 Å². The summed E-state index contributed by atoms with van der Waals surface area (Å²) in [4.78, 5) is 19.2. The van der Waals surface area contributed by atoms with E-state index in [9.17, 15) is 4.79 Å². The van der Waals surface area contributed by atoms with E-state index in [-0.39, 0.29) is 5.78 Å². The average molecular weight is 449 g/mol. The SMILES string of the molecule is O=C1/C(=C/c2ccccc2Br)Oc2c1ccc1c2CN(Cc2cccnc2)CO1. The number of carbonyl (C=O) groups excluding carboxylic acids is 1. The number of rotatable bonds is 3. The van der Waals surface area contributed by atoms with Crippen LogP contribution >= 0.6 is 15.9 Å². The maximum atomic E-state index is 12.9. The molecule has 0 amide bonds. The molecule has 3 heterocycles. The minimum absolute atomic E-state index is 0.108. The van der Waals surface area contributed by atoms with E-state index in [1.54, 1.807) is 18.3 Å². The van der Waals surface area contributed by atoms with Crippen molar-refractivity contribution < 1.29 is 14.3 Å². The summed E-state index contributed by atoms with van der Waals surface area (Å²) in [5, 5.41) is 0. The molecule has 6 heteroatoms. The number of hydrogen-bond donors (Lipinski definition) is 0. The van der Waals surface area contributed by atoms with Crippen molar-refractivity contribution in [3.8, 4) is 11.5 Å². The topological polar surface area (TPSA) is 51.7 Å². The molecule has 2 aromatic carbocycles. The fourth-order valence-electron chi connectivity index (χ4n) is 3.59. The van der Waals surface area contributed by atoms with Crippen molar-refractivity contribution in [3.05, 3.63) is 93.4 Å². The van der Waals surface area contributed by atoms with Crippen LogP contribution in [0.3, 0.4) is 0 Å². The summed E-state index contributed by atoms with van der Waals surface area (Å²) in [5.41, 5.74) is 3.49. The standard InChI is InChI=1S/C23H17BrN2O3/c24-19-6-2-1-5-16(19)10-21-22(27)17-7-8-20-18(23(17)29-21)13-26(14-28-20)12-15-4-3-9-25-11-15/h1-11H,12-14H2/b21-10-. The molecule has 0 fully saturated rings.